The minimum atomic E-state index is -5.17. The molecule has 0 aromatic heterocycles. The van der Waals surface area contributed by atoms with Crippen molar-refractivity contribution in [1.29, 1.82) is 0 Å². The summed E-state index contributed by atoms with van der Waals surface area (Å²) in [6.45, 7) is 0. The first kappa shape index (κ1) is 22.8. The van der Waals surface area contributed by atoms with Crippen molar-refractivity contribution in [3.8, 4) is 0 Å². The Bertz CT molecular complexity index is 166. The topological polar surface area (TPSA) is 143 Å². The predicted molar refractivity (Wildman–Crippen MR) is 17.0 cm³/mol. The molecule has 0 bridgehead atoms. The molecule has 0 heterocycles. The molecular weight excluding hydrogens is 259 g/mol. The predicted octanol–water partition coefficient (Wildman–Crippen LogP) is -6.67. The van der Waals surface area contributed by atoms with Crippen molar-refractivity contribution >= 4 is 16.6 Å². The Morgan fingerprint density at radius 3 is 1.18 bits per heavy atom. The van der Waals surface area contributed by atoms with Gasteiger partial charge in [0.2, 0.25) is 0 Å². The average Bonchev–Trinajstić information content (AvgIpc) is 1.19. The van der Waals surface area contributed by atoms with Crippen molar-refractivity contribution in [2.45, 2.75) is 0 Å². The van der Waals surface area contributed by atoms with E-state index in [1.807, 2.05) is 0 Å². The van der Waals surface area contributed by atoms with Crippen LogP contribution in [-0.4, -0.2) is 23.7 Å². The Morgan fingerprint density at radius 1 is 1.18 bits per heavy atom. The molecule has 0 aliphatic carbocycles. The number of carbonyl (C=O) groups is 1. The van der Waals surface area contributed by atoms with Crippen LogP contribution in [0.4, 0.5) is 4.79 Å². The number of carboxylic acid groups (broad SMARTS) is 2. The van der Waals surface area contributed by atoms with Gasteiger partial charge in [-0.15, -0.1) is 0 Å². The van der Waals surface area contributed by atoms with Crippen molar-refractivity contribution in [2.24, 2.45) is 0 Å². The molecule has 0 spiro atoms. The third kappa shape index (κ3) is 581. The standard InChI is InChI=1S/CH2O3.Cu.K.H2O4S/c2-1(3)4;;;1-5(2,3)4/h(H2,2,3,4);;;(H2,1,2,3,4)/q;+2;+1;/p-3. The van der Waals surface area contributed by atoms with E-state index in [-0.39, 0.29) is 69.9 Å². The normalized spacial score (nSPS) is 7.45. The first-order valence-corrected chi connectivity index (χ1v) is 2.61. The summed E-state index contributed by atoms with van der Waals surface area (Å²) >= 11 is 0. The summed E-state index contributed by atoms with van der Waals surface area (Å²) in [7, 11) is -5.17. The maximum Gasteiger partial charge on any atom is 2.00 e. The van der Waals surface area contributed by atoms with E-state index in [0.29, 0.717) is 0 Å². The molecule has 11 heavy (non-hydrogen) atoms. The molecule has 0 aliphatic heterocycles. The number of hydrogen-bond acceptors (Lipinski definition) is 7. The Morgan fingerprint density at radius 2 is 1.18 bits per heavy atom. The Balaban J connectivity index is -0.0000000221. The largest absolute Gasteiger partial charge is 2.00 e. The molecule has 0 atom stereocenters. The molecule has 0 unspecified atom stereocenters. The van der Waals surface area contributed by atoms with Crippen molar-refractivity contribution in [2.75, 3.05) is 0 Å². The Kier molecular flexibility index (Phi) is 23.4. The van der Waals surface area contributed by atoms with Gasteiger partial charge in [0.15, 0.2) is 0 Å². The SMILES string of the molecule is O=C([O-])[O-].O=S(=O)([O-])[O-].[Cu+2].[H+].[K+]. The van der Waals surface area contributed by atoms with Crippen LogP contribution in [0, 0.1) is 0 Å². The Hall–Kier alpha value is 1.30. The quantitative estimate of drug-likeness (QED) is 0.239. The molecule has 65 valence electrons. The van der Waals surface area contributed by atoms with Gasteiger partial charge < -0.3 is 24.1 Å². The smallest absolute Gasteiger partial charge is 0.759 e. The van der Waals surface area contributed by atoms with Crippen LogP contribution in [0.2, 0.25) is 0 Å². The molecule has 0 aliphatic rings. The fraction of sp³-hybridized carbons (Fsp3) is 0. The molecule has 0 rings (SSSR count). The van der Waals surface area contributed by atoms with Crippen LogP contribution in [0.25, 0.3) is 0 Å². The first-order chi connectivity index (χ1) is 3.73. The van der Waals surface area contributed by atoms with Gasteiger partial charge in [-0.2, -0.15) is 0 Å². The zero-order chi connectivity index (χ0) is 8.08. The molecule has 0 N–H and O–H groups in total. The van der Waals surface area contributed by atoms with Crippen molar-refractivity contribution < 1.29 is 102 Å². The van der Waals surface area contributed by atoms with Gasteiger partial charge in [-0.05, 0) is 6.16 Å². The van der Waals surface area contributed by atoms with Crippen molar-refractivity contribution in [1.82, 2.24) is 0 Å². The van der Waals surface area contributed by atoms with Crippen LogP contribution in [0.15, 0.2) is 0 Å². The van der Waals surface area contributed by atoms with E-state index in [1.165, 1.54) is 0 Å². The van der Waals surface area contributed by atoms with Gasteiger partial charge in [0.05, 0.1) is 0 Å². The van der Waals surface area contributed by atoms with Crippen LogP contribution in [-0.2, 0) is 27.5 Å². The molecule has 0 aromatic rings. The summed E-state index contributed by atoms with van der Waals surface area (Å²) in [6, 6.07) is 0. The number of carbonyl (C=O) groups excluding carboxylic acids is 1. The molecule has 1 radical (unpaired) electrons. The van der Waals surface area contributed by atoms with Crippen LogP contribution in [0.3, 0.4) is 0 Å². The third-order valence-electron chi connectivity index (χ3n) is 0. The van der Waals surface area contributed by atoms with E-state index in [9.17, 15) is 0 Å². The van der Waals surface area contributed by atoms with Gasteiger partial charge in [0, 0.05) is 10.4 Å². The third-order valence-corrected chi connectivity index (χ3v) is 0. The minimum Gasteiger partial charge on any atom is -0.759 e. The molecule has 10 heteroatoms. The maximum absolute atomic E-state index is 8.52. The van der Waals surface area contributed by atoms with Gasteiger partial charge in [-0.25, -0.2) is 0 Å². The molecule has 0 amide bonds. The van der Waals surface area contributed by atoms with E-state index in [2.05, 4.69) is 0 Å². The van der Waals surface area contributed by atoms with E-state index in [0.717, 1.165) is 0 Å². The molecule has 0 saturated heterocycles. The monoisotopic (exact) mass is 259 g/mol. The van der Waals surface area contributed by atoms with Gasteiger partial charge in [-0.1, -0.05) is 0 Å². The van der Waals surface area contributed by atoms with Crippen LogP contribution < -0.4 is 61.6 Å². The summed E-state index contributed by atoms with van der Waals surface area (Å²) in [4.78, 5) is 8.33. The summed E-state index contributed by atoms with van der Waals surface area (Å²) in [5.74, 6) is 0. The van der Waals surface area contributed by atoms with E-state index in [4.69, 9.17) is 32.5 Å². The van der Waals surface area contributed by atoms with E-state index < -0.39 is 16.6 Å². The van der Waals surface area contributed by atoms with E-state index >= 15 is 0 Å². The first-order valence-electron chi connectivity index (χ1n) is 1.28. The van der Waals surface area contributed by atoms with Gasteiger partial charge >= 0.3 is 69.9 Å². The summed E-state index contributed by atoms with van der Waals surface area (Å²) < 4.78 is 34.1. The van der Waals surface area contributed by atoms with Crippen molar-refractivity contribution in [3.63, 3.8) is 0 Å². The molecule has 0 saturated carbocycles. The second-order valence-corrected chi connectivity index (χ2v) is 1.47. The maximum atomic E-state index is 8.52. The average molecular weight is 260 g/mol. The zero-order valence-corrected chi connectivity index (χ0v) is 9.95. The van der Waals surface area contributed by atoms with Gasteiger partial charge in [0.25, 0.3) is 0 Å². The minimum absolute atomic E-state index is 0. The fourth-order valence-electron chi connectivity index (χ4n) is 0. The molecular formula is CHCuKO7S. The summed E-state index contributed by atoms with van der Waals surface area (Å²) in [6.07, 6.45) is -2.33. The number of hydrogen-bond donors (Lipinski definition) is 0. The second-order valence-electron chi connectivity index (χ2n) is 0.658. The van der Waals surface area contributed by atoms with Gasteiger partial charge in [-0.3, -0.25) is 8.42 Å². The molecule has 7 nitrogen and oxygen atoms in total. The van der Waals surface area contributed by atoms with Crippen molar-refractivity contribution in [3.05, 3.63) is 0 Å². The molecule has 0 aromatic carbocycles. The van der Waals surface area contributed by atoms with E-state index in [1.54, 1.807) is 0 Å². The fourth-order valence-corrected chi connectivity index (χ4v) is 0. The van der Waals surface area contributed by atoms with Gasteiger partial charge in [0.1, 0.15) is 0 Å². The Labute approximate surface area is 117 Å². The summed E-state index contributed by atoms with van der Waals surface area (Å²) in [5, 5.41) is 16.7. The summed E-state index contributed by atoms with van der Waals surface area (Å²) in [5.41, 5.74) is 0. The van der Waals surface area contributed by atoms with Crippen LogP contribution in [0.1, 0.15) is 1.43 Å². The number of rotatable bonds is 0. The zero-order valence-electron chi connectivity index (χ0n) is 6.07. The van der Waals surface area contributed by atoms with Crippen LogP contribution in [0.5, 0.6) is 0 Å². The van der Waals surface area contributed by atoms with Crippen LogP contribution >= 0.6 is 0 Å². The molecule has 0 fully saturated rings. The second kappa shape index (κ2) is 11.3.